The van der Waals surface area contributed by atoms with Crippen LogP contribution < -0.4 is 0 Å². The number of rotatable bonds is 48. The van der Waals surface area contributed by atoms with E-state index in [4.69, 9.17) is 0 Å². The summed E-state index contributed by atoms with van der Waals surface area (Å²) in [5.41, 5.74) is 0. The molecule has 0 aliphatic rings. The molecule has 0 fully saturated rings. The van der Waals surface area contributed by atoms with Crippen molar-refractivity contribution in [3.8, 4) is 0 Å². The summed E-state index contributed by atoms with van der Waals surface area (Å²) in [4.78, 5) is 89.3. The second-order valence-corrected chi connectivity index (χ2v) is 18.8. The lowest BCUT2D eigenvalue weighted by Gasteiger charge is -2.37. The molecular formula is C50H93N3O12+2. The molecule has 0 bridgehead atoms. The molecule has 0 radical (unpaired) electrons. The number of carbonyl (C=O) groups is 7. The summed E-state index contributed by atoms with van der Waals surface area (Å²) >= 11 is 0. The average molecular weight is 928 g/mol. The molecule has 0 aromatic carbocycles. The Kier molecular flexibility index (Phi) is 37.6. The number of hydrogen-bond acceptors (Lipinski definition) is 8. The fraction of sp³-hybridized carbons (Fsp3) is 0.860. The molecule has 0 aliphatic heterocycles. The van der Waals surface area contributed by atoms with Crippen molar-refractivity contribution in [2.75, 3.05) is 58.9 Å². The molecule has 0 atom stereocenters. The van der Waals surface area contributed by atoms with Crippen molar-refractivity contribution in [3.63, 3.8) is 0 Å². The summed E-state index contributed by atoms with van der Waals surface area (Å²) in [6, 6.07) is 0. The zero-order valence-corrected chi connectivity index (χ0v) is 40.9. The molecule has 15 heteroatoms. The highest BCUT2D eigenvalue weighted by molar-refractivity contribution is 5.79. The van der Waals surface area contributed by atoms with Crippen LogP contribution in [0.2, 0.25) is 0 Å². The second-order valence-electron chi connectivity index (χ2n) is 18.8. The Morgan fingerprint density at radius 2 is 0.538 bits per heavy atom. The largest absolute Gasteiger partial charge is 0.480 e. The maximum atomic E-state index is 13.8. The Bertz CT molecular complexity index is 1200. The molecule has 2 amide bonds. The van der Waals surface area contributed by atoms with E-state index in [1.807, 2.05) is 0 Å². The van der Waals surface area contributed by atoms with Gasteiger partial charge in [0.05, 0.1) is 32.5 Å². The van der Waals surface area contributed by atoms with E-state index in [0.717, 1.165) is 64.2 Å². The second kappa shape index (κ2) is 39.7. The molecule has 0 aromatic rings. The van der Waals surface area contributed by atoms with E-state index in [0.29, 0.717) is 12.8 Å². The Morgan fingerprint density at radius 1 is 0.323 bits per heavy atom. The fourth-order valence-corrected chi connectivity index (χ4v) is 8.96. The molecule has 0 spiro atoms. The summed E-state index contributed by atoms with van der Waals surface area (Å²) in [7, 11) is 0. The summed E-state index contributed by atoms with van der Waals surface area (Å²) in [6.45, 7) is -0.819. The SMILES string of the molecule is CCCCCCCCCCCCCCCCCC(=O)[N+](CCN(CC[N+](CC(=O)O)(CC(=O)O)C(=O)CCCCCCCCCCCCCCCCC)CC(=O)O)(CC(=O)O)CC(=O)O. The summed E-state index contributed by atoms with van der Waals surface area (Å²) in [6.07, 6.45) is 33.5. The monoisotopic (exact) mass is 928 g/mol. The molecule has 0 saturated heterocycles. The van der Waals surface area contributed by atoms with Crippen LogP contribution in [0.25, 0.3) is 0 Å². The highest BCUT2D eigenvalue weighted by Crippen LogP contribution is 2.20. The van der Waals surface area contributed by atoms with Crippen LogP contribution in [-0.2, 0) is 33.6 Å². The van der Waals surface area contributed by atoms with Gasteiger partial charge in [-0.05, 0) is 12.8 Å². The molecule has 0 heterocycles. The first kappa shape index (κ1) is 61.6. The molecule has 378 valence electrons. The van der Waals surface area contributed by atoms with Gasteiger partial charge in [0.2, 0.25) is 0 Å². The van der Waals surface area contributed by atoms with Gasteiger partial charge in [-0.3, -0.25) is 9.69 Å². The molecule has 0 aliphatic carbocycles. The highest BCUT2D eigenvalue weighted by Gasteiger charge is 2.43. The molecule has 0 rings (SSSR count). The smallest absolute Gasteiger partial charge is 0.359 e. The summed E-state index contributed by atoms with van der Waals surface area (Å²) in [5.74, 6) is -8.07. The number of quaternary nitrogens is 2. The van der Waals surface area contributed by atoms with Gasteiger partial charge in [-0.15, -0.1) is 0 Å². The van der Waals surface area contributed by atoms with Gasteiger partial charge >= 0.3 is 41.7 Å². The maximum absolute atomic E-state index is 13.8. The van der Waals surface area contributed by atoms with Crippen LogP contribution >= 0.6 is 0 Å². The van der Waals surface area contributed by atoms with Crippen LogP contribution in [0.4, 0.5) is 0 Å². The zero-order valence-electron chi connectivity index (χ0n) is 40.9. The van der Waals surface area contributed by atoms with E-state index in [2.05, 4.69) is 13.8 Å². The molecule has 0 aromatic heterocycles. The lowest BCUT2D eigenvalue weighted by molar-refractivity contribution is -0.842. The number of aliphatic carboxylic acids is 5. The van der Waals surface area contributed by atoms with E-state index < -0.39 is 83.4 Å². The van der Waals surface area contributed by atoms with E-state index in [1.54, 1.807) is 0 Å². The van der Waals surface area contributed by atoms with Crippen molar-refractivity contribution in [1.82, 2.24) is 4.90 Å². The highest BCUT2D eigenvalue weighted by atomic mass is 16.4. The number of carbonyl (C=O) groups excluding carboxylic acids is 2. The van der Waals surface area contributed by atoms with Gasteiger partial charge in [-0.25, -0.2) is 37.7 Å². The van der Waals surface area contributed by atoms with E-state index in [9.17, 15) is 59.1 Å². The summed E-state index contributed by atoms with van der Waals surface area (Å²) < 4.78 is -1.91. The van der Waals surface area contributed by atoms with Crippen LogP contribution in [0.3, 0.4) is 0 Å². The molecule has 65 heavy (non-hydrogen) atoms. The number of amides is 2. The lowest BCUT2D eigenvalue weighted by atomic mass is 10.0. The lowest BCUT2D eigenvalue weighted by Crippen LogP contribution is -2.62. The molecule has 0 unspecified atom stereocenters. The minimum Gasteiger partial charge on any atom is -0.480 e. The first-order valence-corrected chi connectivity index (χ1v) is 25.7. The van der Waals surface area contributed by atoms with Gasteiger partial charge in [-0.1, -0.05) is 194 Å². The van der Waals surface area contributed by atoms with E-state index in [1.165, 1.54) is 120 Å². The minimum atomic E-state index is -1.40. The van der Waals surface area contributed by atoms with Crippen molar-refractivity contribution >= 4 is 41.7 Å². The third kappa shape index (κ3) is 33.7. The van der Waals surface area contributed by atoms with Crippen LogP contribution in [0.1, 0.15) is 219 Å². The van der Waals surface area contributed by atoms with Crippen molar-refractivity contribution < 1.29 is 68.1 Å². The number of unbranched alkanes of at least 4 members (excludes halogenated alkanes) is 28. The van der Waals surface area contributed by atoms with E-state index in [-0.39, 0.29) is 39.0 Å². The topological polar surface area (TPSA) is 224 Å². The van der Waals surface area contributed by atoms with Crippen molar-refractivity contribution in [3.05, 3.63) is 0 Å². The Morgan fingerprint density at radius 3 is 0.738 bits per heavy atom. The van der Waals surface area contributed by atoms with Gasteiger partial charge < -0.3 is 25.5 Å². The van der Waals surface area contributed by atoms with Crippen LogP contribution in [0, 0.1) is 0 Å². The predicted molar refractivity (Wildman–Crippen MR) is 253 cm³/mol. The minimum absolute atomic E-state index is 0.0528. The Labute approximate surface area is 391 Å². The Hall–Kier alpha value is -3.43. The van der Waals surface area contributed by atoms with Crippen LogP contribution in [0.15, 0.2) is 0 Å². The molecular weight excluding hydrogens is 835 g/mol. The predicted octanol–water partition coefficient (Wildman–Crippen LogP) is 9.92. The fourth-order valence-electron chi connectivity index (χ4n) is 8.96. The van der Waals surface area contributed by atoms with E-state index >= 15 is 0 Å². The van der Waals surface area contributed by atoms with Gasteiger partial charge in [0.1, 0.15) is 0 Å². The van der Waals surface area contributed by atoms with Crippen LogP contribution in [-0.4, -0.2) is 140 Å². The Balaban J connectivity index is 5.40. The van der Waals surface area contributed by atoms with Gasteiger partial charge in [0.15, 0.2) is 26.2 Å². The summed E-state index contributed by atoms with van der Waals surface area (Å²) in [5, 5.41) is 49.2. The standard InChI is InChI=1S/C50H91N3O12/c1-3-5-7-9-11-13-15-17-19-21-23-25-27-29-31-33-44(54)52(40-47(58)59,41-48(60)61)37-35-51(39-46(56)57)36-38-53(42-49(62)63,43-50(64)65)45(55)34-32-30-28-26-24-22-20-18-16-14-12-10-8-6-4-2/h3-43H2,1-2H3,(H3-2,56,57,58,59,60,61,62,63,64,65)/p+2. The van der Waals surface area contributed by atoms with Gasteiger partial charge in [0, 0.05) is 13.1 Å². The average Bonchev–Trinajstić information content (AvgIpc) is 3.23. The number of carboxylic acids is 5. The van der Waals surface area contributed by atoms with Gasteiger partial charge in [0.25, 0.3) is 0 Å². The molecule has 15 nitrogen and oxygen atoms in total. The third-order valence-corrected chi connectivity index (χ3v) is 12.8. The first-order chi connectivity index (χ1) is 31.1. The first-order valence-electron chi connectivity index (χ1n) is 25.7. The maximum Gasteiger partial charge on any atom is 0.359 e. The third-order valence-electron chi connectivity index (χ3n) is 12.8. The molecule has 5 N–H and O–H groups in total. The molecule has 0 saturated carbocycles. The van der Waals surface area contributed by atoms with Gasteiger partial charge in [-0.2, -0.15) is 0 Å². The van der Waals surface area contributed by atoms with Crippen LogP contribution in [0.5, 0.6) is 0 Å². The zero-order chi connectivity index (χ0) is 48.6. The van der Waals surface area contributed by atoms with Crippen molar-refractivity contribution in [2.45, 2.75) is 219 Å². The quantitative estimate of drug-likeness (QED) is 0.0283. The van der Waals surface area contributed by atoms with Crippen molar-refractivity contribution in [2.24, 2.45) is 0 Å². The number of nitrogens with zero attached hydrogens (tertiary/aromatic N) is 3. The number of hydrogen-bond donors (Lipinski definition) is 5. The normalized spacial score (nSPS) is 11.9. The number of carboxylic acid groups (broad SMARTS) is 5. The van der Waals surface area contributed by atoms with Crippen molar-refractivity contribution in [1.29, 1.82) is 0 Å².